The van der Waals surface area contributed by atoms with Gasteiger partial charge in [-0.25, -0.2) is 0 Å². The van der Waals surface area contributed by atoms with Gasteiger partial charge in [0.1, 0.15) is 0 Å². The van der Waals surface area contributed by atoms with Gasteiger partial charge in [-0.3, -0.25) is 0 Å². The molecule has 1 aliphatic carbocycles. The number of hydrogen-bond acceptors (Lipinski definition) is 2. The summed E-state index contributed by atoms with van der Waals surface area (Å²) in [6.07, 6.45) is 8.08. The molecule has 1 aromatic heterocycles. The molecule has 114 valence electrons. The molecule has 1 atom stereocenters. The zero-order chi connectivity index (χ0) is 14.8. The normalized spacial score (nSPS) is 16.8. The predicted octanol–water partition coefficient (Wildman–Crippen LogP) is 5.48. The second-order valence-corrected chi connectivity index (χ2v) is 6.64. The molecule has 0 amide bonds. The monoisotopic (exact) mass is 302 g/mol. The molecule has 0 saturated heterocycles. The Balaban J connectivity index is 0.000000272. The van der Waals surface area contributed by atoms with Crippen molar-refractivity contribution < 1.29 is 5.11 Å². The van der Waals surface area contributed by atoms with Crippen LogP contribution >= 0.6 is 11.3 Å². The molecule has 2 aromatic rings. The minimum Gasteiger partial charge on any atom is -0.396 e. The predicted molar refractivity (Wildman–Crippen MR) is 91.8 cm³/mol. The van der Waals surface area contributed by atoms with Crippen LogP contribution in [0.5, 0.6) is 0 Å². The number of thiophene rings is 1. The molecule has 1 nitrogen and oxygen atoms in total. The Bertz CT molecular complexity index is 428. The zero-order valence-electron chi connectivity index (χ0n) is 12.7. The van der Waals surface area contributed by atoms with Crippen molar-refractivity contribution in [2.75, 3.05) is 6.61 Å². The van der Waals surface area contributed by atoms with Gasteiger partial charge in [-0.2, -0.15) is 11.3 Å². The summed E-state index contributed by atoms with van der Waals surface area (Å²) < 4.78 is 0. The molecule has 3 rings (SSSR count). The molecule has 0 aliphatic heterocycles. The third-order valence-corrected chi connectivity index (χ3v) is 4.89. The topological polar surface area (TPSA) is 20.2 Å². The molecule has 1 N–H and O–H groups in total. The third-order valence-electron chi connectivity index (χ3n) is 4.26. The number of benzene rings is 1. The second kappa shape index (κ2) is 9.75. The molecule has 1 aliphatic rings. The van der Waals surface area contributed by atoms with Crippen molar-refractivity contribution in [2.24, 2.45) is 5.92 Å². The first-order valence-corrected chi connectivity index (χ1v) is 8.97. The molecule has 1 saturated carbocycles. The summed E-state index contributed by atoms with van der Waals surface area (Å²) in [7, 11) is 0. The van der Waals surface area contributed by atoms with E-state index in [-0.39, 0.29) is 0 Å². The van der Waals surface area contributed by atoms with Crippen molar-refractivity contribution in [1.82, 2.24) is 0 Å². The fourth-order valence-electron chi connectivity index (χ4n) is 3.09. The Labute approximate surface area is 132 Å². The van der Waals surface area contributed by atoms with E-state index in [0.717, 1.165) is 5.92 Å². The molecule has 21 heavy (non-hydrogen) atoms. The van der Waals surface area contributed by atoms with E-state index in [4.69, 9.17) is 0 Å². The molecule has 1 heterocycles. The van der Waals surface area contributed by atoms with Crippen LogP contribution in [0.2, 0.25) is 0 Å². The summed E-state index contributed by atoms with van der Waals surface area (Å²) in [6, 6.07) is 14.5. The van der Waals surface area contributed by atoms with Gasteiger partial charge in [0.05, 0.1) is 0 Å². The first-order valence-electron chi connectivity index (χ1n) is 8.03. The molecule has 1 fully saturated rings. The highest BCUT2D eigenvalue weighted by Gasteiger charge is 2.19. The maximum absolute atomic E-state index is 9.51. The number of aliphatic hydroxyl groups is 1. The van der Waals surface area contributed by atoms with E-state index in [9.17, 15) is 5.11 Å². The average molecular weight is 302 g/mol. The molecule has 0 bridgehead atoms. The Hall–Kier alpha value is -1.12. The van der Waals surface area contributed by atoms with Crippen molar-refractivity contribution in [1.29, 1.82) is 0 Å². The van der Waals surface area contributed by atoms with Crippen LogP contribution in [-0.4, -0.2) is 11.7 Å². The van der Waals surface area contributed by atoms with Crippen LogP contribution in [0.3, 0.4) is 0 Å². The van der Waals surface area contributed by atoms with E-state index in [1.807, 2.05) is 29.0 Å². The lowest BCUT2D eigenvalue weighted by molar-refractivity contribution is 0.226. The van der Waals surface area contributed by atoms with Crippen molar-refractivity contribution in [2.45, 2.75) is 44.4 Å². The van der Waals surface area contributed by atoms with Crippen LogP contribution in [0.1, 0.15) is 50.0 Å². The van der Waals surface area contributed by atoms with Crippen LogP contribution in [0.25, 0.3) is 0 Å². The molecule has 1 unspecified atom stereocenters. The minimum atomic E-state index is 0.292. The molecular formula is C19H26OS. The highest BCUT2D eigenvalue weighted by atomic mass is 32.1. The Morgan fingerprint density at radius 3 is 2.14 bits per heavy atom. The summed E-state index contributed by atoms with van der Waals surface area (Å²) in [5, 5.41) is 13.6. The lowest BCUT2D eigenvalue weighted by Crippen LogP contribution is -2.13. The Morgan fingerprint density at radius 2 is 1.62 bits per heavy atom. The largest absolute Gasteiger partial charge is 0.396 e. The summed E-state index contributed by atoms with van der Waals surface area (Å²) in [6.45, 7) is 0.292. The minimum absolute atomic E-state index is 0.292. The lowest BCUT2D eigenvalue weighted by Gasteiger charge is -2.25. The van der Waals surface area contributed by atoms with Gasteiger partial charge in [0.25, 0.3) is 0 Å². The maximum atomic E-state index is 9.51. The van der Waals surface area contributed by atoms with E-state index < -0.39 is 0 Å². The van der Waals surface area contributed by atoms with Crippen LogP contribution in [-0.2, 0) is 0 Å². The molecule has 0 radical (unpaired) electrons. The first-order chi connectivity index (χ1) is 10.4. The summed E-state index contributed by atoms with van der Waals surface area (Å²) in [5.74, 6) is 1.19. The van der Waals surface area contributed by atoms with Crippen LogP contribution in [0.4, 0.5) is 0 Å². The smallest absolute Gasteiger partial charge is 0.0499 e. The van der Waals surface area contributed by atoms with Gasteiger partial charge in [-0.05, 0) is 28.7 Å². The van der Waals surface area contributed by atoms with Crippen LogP contribution < -0.4 is 0 Å². The number of aliphatic hydroxyl groups excluding tert-OH is 1. The average Bonchev–Trinajstić information content (AvgIpc) is 3.14. The lowest BCUT2D eigenvalue weighted by atomic mass is 9.81. The number of hydrogen-bond donors (Lipinski definition) is 1. The van der Waals surface area contributed by atoms with Gasteiger partial charge in [0.2, 0.25) is 0 Å². The van der Waals surface area contributed by atoms with Gasteiger partial charge in [-0.15, -0.1) is 0 Å². The second-order valence-electron chi connectivity index (χ2n) is 5.82. The fraction of sp³-hybridized carbons (Fsp3) is 0.474. The first kappa shape index (κ1) is 16.3. The molecule has 2 heteroatoms. The van der Waals surface area contributed by atoms with E-state index in [1.54, 1.807) is 11.3 Å². The molecule has 0 spiro atoms. The Morgan fingerprint density at radius 1 is 0.952 bits per heavy atom. The van der Waals surface area contributed by atoms with Gasteiger partial charge >= 0.3 is 0 Å². The summed E-state index contributed by atoms with van der Waals surface area (Å²) in [4.78, 5) is 0. The Kier molecular flexibility index (Phi) is 7.55. The highest BCUT2D eigenvalue weighted by molar-refractivity contribution is 7.07. The maximum Gasteiger partial charge on any atom is 0.0499 e. The SMILES string of the molecule is OCC(CC1CCCCC1)c1ccccc1.c1ccsc1. The zero-order valence-corrected chi connectivity index (χ0v) is 13.5. The van der Waals surface area contributed by atoms with Crippen molar-refractivity contribution in [3.63, 3.8) is 0 Å². The van der Waals surface area contributed by atoms with Crippen LogP contribution in [0, 0.1) is 5.92 Å². The van der Waals surface area contributed by atoms with Gasteiger partial charge in [0, 0.05) is 12.5 Å². The summed E-state index contributed by atoms with van der Waals surface area (Å²) >= 11 is 1.71. The van der Waals surface area contributed by atoms with Crippen molar-refractivity contribution >= 4 is 11.3 Å². The standard InChI is InChI=1S/C15H22O.C4H4S/c16-12-15(14-9-5-2-6-10-14)11-13-7-3-1-4-8-13;1-2-4-5-3-1/h2,5-6,9-10,13,15-16H,1,3-4,7-8,11-12H2;1-4H. The van der Waals surface area contributed by atoms with Crippen molar-refractivity contribution in [3.8, 4) is 0 Å². The molecule has 1 aromatic carbocycles. The van der Waals surface area contributed by atoms with Gasteiger partial charge in [-0.1, -0.05) is 74.6 Å². The van der Waals surface area contributed by atoms with Crippen molar-refractivity contribution in [3.05, 3.63) is 58.8 Å². The third kappa shape index (κ3) is 6.03. The summed E-state index contributed by atoms with van der Waals surface area (Å²) in [5.41, 5.74) is 1.30. The number of rotatable bonds is 4. The van der Waals surface area contributed by atoms with Gasteiger partial charge < -0.3 is 5.11 Å². The highest BCUT2D eigenvalue weighted by Crippen LogP contribution is 2.32. The molecular weight excluding hydrogens is 276 g/mol. The van der Waals surface area contributed by atoms with E-state index in [1.165, 1.54) is 44.1 Å². The van der Waals surface area contributed by atoms with E-state index in [2.05, 4.69) is 24.3 Å². The van der Waals surface area contributed by atoms with E-state index >= 15 is 0 Å². The fourth-order valence-corrected chi connectivity index (χ4v) is 3.55. The van der Waals surface area contributed by atoms with Crippen LogP contribution in [0.15, 0.2) is 53.2 Å². The van der Waals surface area contributed by atoms with E-state index in [0.29, 0.717) is 12.5 Å². The van der Waals surface area contributed by atoms with Gasteiger partial charge in [0.15, 0.2) is 0 Å². The quantitative estimate of drug-likeness (QED) is 0.792.